The highest BCUT2D eigenvalue weighted by atomic mass is 32.1. The summed E-state index contributed by atoms with van der Waals surface area (Å²) in [6, 6.07) is 13.6. The fraction of sp³-hybridized carbons (Fsp3) is 0.182. The number of imide groups is 1. The molecule has 1 N–H and O–H groups in total. The number of esters is 1. The number of carbonyl (C=O) groups excluding carboxylic acids is 3. The van der Waals surface area contributed by atoms with Crippen LogP contribution in [-0.4, -0.2) is 33.7 Å². The largest absolute Gasteiger partial charge is 0.458 e. The molecular formula is C22H19N3O4S. The van der Waals surface area contributed by atoms with E-state index in [4.69, 9.17) is 4.74 Å². The molecule has 0 saturated carbocycles. The van der Waals surface area contributed by atoms with Gasteiger partial charge in [0.05, 0.1) is 16.8 Å². The molecule has 0 radical (unpaired) electrons. The van der Waals surface area contributed by atoms with E-state index in [9.17, 15) is 14.4 Å². The van der Waals surface area contributed by atoms with E-state index in [1.54, 1.807) is 23.6 Å². The van der Waals surface area contributed by atoms with Crippen molar-refractivity contribution in [1.82, 2.24) is 9.88 Å². The predicted octanol–water partition coefficient (Wildman–Crippen LogP) is 3.92. The number of amides is 2. The van der Waals surface area contributed by atoms with Gasteiger partial charge in [0.25, 0.3) is 11.8 Å². The second-order valence-corrected chi connectivity index (χ2v) is 7.81. The lowest BCUT2D eigenvalue weighted by atomic mass is 10.1. The standard InChI is InChI=1S/C22H19N3O4S/c1-13-8-9-17-18(10-13)20(27)25(19(17)26)14(2)21(28)29-11-16-12-30-22(24-16)23-15-6-4-3-5-7-15/h3-10,12,14H,11H2,1-2H3,(H,23,24)/t14-/m0/s1. The topological polar surface area (TPSA) is 88.6 Å². The quantitative estimate of drug-likeness (QED) is 0.479. The molecule has 0 saturated heterocycles. The Morgan fingerprint density at radius 2 is 1.87 bits per heavy atom. The molecule has 1 aromatic heterocycles. The number of rotatable bonds is 6. The minimum atomic E-state index is -1.03. The predicted molar refractivity (Wildman–Crippen MR) is 113 cm³/mol. The third-order valence-corrected chi connectivity index (χ3v) is 5.55. The number of fused-ring (bicyclic) bond motifs is 1. The summed E-state index contributed by atoms with van der Waals surface area (Å²) in [5.74, 6) is -1.62. The number of hydrogen-bond donors (Lipinski definition) is 1. The number of anilines is 2. The fourth-order valence-electron chi connectivity index (χ4n) is 3.17. The Hall–Kier alpha value is -3.52. The Morgan fingerprint density at radius 1 is 1.13 bits per heavy atom. The van der Waals surface area contributed by atoms with E-state index in [-0.39, 0.29) is 6.61 Å². The molecule has 1 aliphatic heterocycles. The first-order chi connectivity index (χ1) is 14.4. The van der Waals surface area contributed by atoms with Gasteiger partial charge in [-0.05, 0) is 38.1 Å². The Bertz CT molecular complexity index is 1130. The van der Waals surface area contributed by atoms with Gasteiger partial charge in [0.15, 0.2) is 5.13 Å². The van der Waals surface area contributed by atoms with Crippen LogP contribution in [0.5, 0.6) is 0 Å². The highest BCUT2D eigenvalue weighted by Gasteiger charge is 2.41. The van der Waals surface area contributed by atoms with Crippen LogP contribution >= 0.6 is 11.3 Å². The second-order valence-electron chi connectivity index (χ2n) is 6.95. The average Bonchev–Trinajstić information content (AvgIpc) is 3.28. The summed E-state index contributed by atoms with van der Waals surface area (Å²) >= 11 is 1.39. The Morgan fingerprint density at radius 3 is 2.63 bits per heavy atom. The SMILES string of the molecule is Cc1ccc2c(c1)C(=O)N([C@@H](C)C(=O)OCc1csc(Nc3ccccc3)n1)C2=O. The van der Waals surface area contributed by atoms with Crippen molar-refractivity contribution in [2.75, 3.05) is 5.32 Å². The van der Waals surface area contributed by atoms with Gasteiger partial charge in [-0.1, -0.05) is 29.8 Å². The van der Waals surface area contributed by atoms with Crippen LogP contribution in [0.1, 0.15) is 38.9 Å². The lowest BCUT2D eigenvalue weighted by Crippen LogP contribution is -2.43. The summed E-state index contributed by atoms with van der Waals surface area (Å²) in [5.41, 5.74) is 2.98. The molecule has 1 aliphatic rings. The summed E-state index contributed by atoms with van der Waals surface area (Å²) in [6.45, 7) is 3.28. The number of hydrogen-bond acceptors (Lipinski definition) is 7. The third-order valence-electron chi connectivity index (χ3n) is 4.74. The molecular weight excluding hydrogens is 402 g/mol. The zero-order chi connectivity index (χ0) is 21.3. The Labute approximate surface area is 177 Å². The van der Waals surface area contributed by atoms with E-state index in [1.807, 2.05) is 37.3 Å². The maximum atomic E-state index is 12.6. The molecule has 4 rings (SSSR count). The van der Waals surface area contributed by atoms with Gasteiger partial charge in [-0.2, -0.15) is 0 Å². The van der Waals surface area contributed by atoms with Gasteiger partial charge in [-0.25, -0.2) is 9.78 Å². The summed E-state index contributed by atoms with van der Waals surface area (Å²) in [4.78, 5) is 43.1. The maximum absolute atomic E-state index is 12.6. The number of benzene rings is 2. The van der Waals surface area contributed by atoms with Crippen LogP contribution in [-0.2, 0) is 16.1 Å². The van der Waals surface area contributed by atoms with Gasteiger partial charge in [-0.15, -0.1) is 11.3 Å². The van der Waals surface area contributed by atoms with Gasteiger partial charge < -0.3 is 10.1 Å². The van der Waals surface area contributed by atoms with Crippen molar-refractivity contribution in [1.29, 1.82) is 0 Å². The van der Waals surface area contributed by atoms with Crippen LogP contribution in [0, 0.1) is 6.92 Å². The molecule has 30 heavy (non-hydrogen) atoms. The molecule has 0 aliphatic carbocycles. The number of nitrogens with one attached hydrogen (secondary N) is 1. The number of thiazole rings is 1. The summed E-state index contributed by atoms with van der Waals surface area (Å²) in [5, 5.41) is 5.64. The molecule has 0 fully saturated rings. The summed E-state index contributed by atoms with van der Waals surface area (Å²) in [6.07, 6.45) is 0. The first-order valence-corrected chi connectivity index (χ1v) is 10.2. The monoisotopic (exact) mass is 421 g/mol. The summed E-state index contributed by atoms with van der Waals surface area (Å²) in [7, 11) is 0. The van der Waals surface area contributed by atoms with Crippen LogP contribution in [0.3, 0.4) is 0 Å². The number of nitrogens with zero attached hydrogens (tertiary/aromatic N) is 2. The van der Waals surface area contributed by atoms with Crippen molar-refractivity contribution in [3.63, 3.8) is 0 Å². The number of aromatic nitrogens is 1. The lowest BCUT2D eigenvalue weighted by molar-refractivity contribution is -0.149. The van der Waals surface area contributed by atoms with E-state index < -0.39 is 23.8 Å². The van der Waals surface area contributed by atoms with Gasteiger partial charge >= 0.3 is 5.97 Å². The minimum Gasteiger partial charge on any atom is -0.458 e. The molecule has 0 unspecified atom stereocenters. The third kappa shape index (κ3) is 3.81. The average molecular weight is 421 g/mol. The van der Waals surface area contributed by atoms with Crippen LogP contribution < -0.4 is 5.32 Å². The molecule has 0 spiro atoms. The van der Waals surface area contributed by atoms with Gasteiger partial charge in [-0.3, -0.25) is 14.5 Å². The molecule has 8 heteroatoms. The van der Waals surface area contributed by atoms with Crippen molar-refractivity contribution in [2.24, 2.45) is 0 Å². The highest BCUT2D eigenvalue weighted by Crippen LogP contribution is 2.26. The highest BCUT2D eigenvalue weighted by molar-refractivity contribution is 7.13. The second kappa shape index (κ2) is 8.08. The van der Waals surface area contributed by atoms with Crippen molar-refractivity contribution in [2.45, 2.75) is 26.5 Å². The molecule has 7 nitrogen and oxygen atoms in total. The van der Waals surface area contributed by atoms with Gasteiger partial charge in [0.1, 0.15) is 12.6 Å². The van der Waals surface area contributed by atoms with Crippen molar-refractivity contribution in [3.8, 4) is 0 Å². The van der Waals surface area contributed by atoms with Crippen LogP contribution in [0.4, 0.5) is 10.8 Å². The molecule has 2 heterocycles. The first kappa shape index (κ1) is 19.8. The van der Waals surface area contributed by atoms with E-state index >= 15 is 0 Å². The van der Waals surface area contributed by atoms with Gasteiger partial charge in [0, 0.05) is 11.1 Å². The van der Waals surface area contributed by atoms with Crippen molar-refractivity contribution in [3.05, 3.63) is 76.3 Å². The zero-order valence-corrected chi connectivity index (χ0v) is 17.2. The van der Waals surface area contributed by atoms with Crippen molar-refractivity contribution >= 4 is 39.9 Å². The number of aryl methyl sites for hydroxylation is 1. The van der Waals surface area contributed by atoms with E-state index in [2.05, 4.69) is 10.3 Å². The number of ether oxygens (including phenoxy) is 1. The smallest absolute Gasteiger partial charge is 0.329 e. The van der Waals surface area contributed by atoms with Crippen LogP contribution in [0.15, 0.2) is 53.9 Å². The van der Waals surface area contributed by atoms with E-state index in [0.717, 1.165) is 16.2 Å². The minimum absolute atomic E-state index is 0.0432. The Balaban J connectivity index is 1.38. The Kier molecular flexibility index (Phi) is 5.33. The molecule has 1 atom stereocenters. The first-order valence-electron chi connectivity index (χ1n) is 9.35. The van der Waals surface area contributed by atoms with Gasteiger partial charge in [0.2, 0.25) is 0 Å². The number of para-hydroxylation sites is 1. The molecule has 3 aromatic rings. The van der Waals surface area contributed by atoms with Crippen LogP contribution in [0.2, 0.25) is 0 Å². The zero-order valence-electron chi connectivity index (χ0n) is 16.4. The van der Waals surface area contributed by atoms with Crippen molar-refractivity contribution < 1.29 is 19.1 Å². The lowest BCUT2D eigenvalue weighted by Gasteiger charge is -2.20. The number of carbonyl (C=O) groups is 3. The van der Waals surface area contributed by atoms with E-state index in [1.165, 1.54) is 18.3 Å². The molecule has 2 amide bonds. The maximum Gasteiger partial charge on any atom is 0.329 e. The summed E-state index contributed by atoms with van der Waals surface area (Å²) < 4.78 is 5.32. The van der Waals surface area contributed by atoms with Crippen LogP contribution in [0.25, 0.3) is 0 Å². The fourth-order valence-corrected chi connectivity index (χ4v) is 3.89. The van der Waals surface area contributed by atoms with E-state index in [0.29, 0.717) is 22.0 Å². The normalized spacial score (nSPS) is 13.9. The molecule has 2 aromatic carbocycles. The molecule has 0 bridgehead atoms. The molecule has 152 valence electrons.